The highest BCUT2D eigenvalue weighted by Gasteiger charge is 2.12. The summed E-state index contributed by atoms with van der Waals surface area (Å²) in [6.07, 6.45) is 3.92. The number of aromatic nitrogens is 2. The van der Waals surface area contributed by atoms with Gasteiger partial charge in [0.25, 0.3) is 0 Å². The molecular formula is C12H13ClFN3. The molecule has 1 unspecified atom stereocenters. The zero-order valence-corrected chi connectivity index (χ0v) is 10.2. The molecule has 1 atom stereocenters. The largest absolute Gasteiger partial charge is 0.324 e. The second-order valence-corrected chi connectivity index (χ2v) is 4.43. The zero-order chi connectivity index (χ0) is 12.4. The number of rotatable bonds is 3. The monoisotopic (exact) mass is 253 g/mol. The smallest absolute Gasteiger partial charge is 0.126 e. The van der Waals surface area contributed by atoms with Crippen molar-refractivity contribution in [3.05, 3.63) is 52.6 Å². The maximum atomic E-state index is 13.5. The van der Waals surface area contributed by atoms with E-state index in [0.717, 1.165) is 5.56 Å². The fraction of sp³-hybridized carbons (Fsp3) is 0.250. The number of aryl methyl sites for hydroxylation is 1. The standard InChI is InChI=1S/C12H13ClFN3/c1-17-7-9(6-16-17)12(15)5-8-4-10(13)2-3-11(8)14/h2-4,6-7,12H,5,15H2,1H3. The lowest BCUT2D eigenvalue weighted by molar-refractivity contribution is 0.593. The first-order valence-electron chi connectivity index (χ1n) is 5.24. The van der Waals surface area contributed by atoms with Crippen LogP contribution in [-0.4, -0.2) is 9.78 Å². The predicted octanol–water partition coefficient (Wildman–Crippen LogP) is 2.46. The molecule has 0 amide bonds. The van der Waals surface area contributed by atoms with Gasteiger partial charge in [0, 0.05) is 29.9 Å². The average molecular weight is 254 g/mol. The van der Waals surface area contributed by atoms with Gasteiger partial charge < -0.3 is 5.73 Å². The number of hydrogen-bond donors (Lipinski definition) is 1. The van der Waals surface area contributed by atoms with E-state index in [2.05, 4.69) is 5.10 Å². The Balaban J connectivity index is 2.18. The van der Waals surface area contributed by atoms with E-state index >= 15 is 0 Å². The molecule has 2 aromatic rings. The van der Waals surface area contributed by atoms with Crippen LogP contribution in [0.5, 0.6) is 0 Å². The summed E-state index contributed by atoms with van der Waals surface area (Å²) in [7, 11) is 1.82. The molecule has 0 spiro atoms. The Labute approximate surface area is 104 Å². The van der Waals surface area contributed by atoms with Gasteiger partial charge in [0.2, 0.25) is 0 Å². The molecule has 1 heterocycles. The van der Waals surface area contributed by atoms with Gasteiger partial charge in [0.15, 0.2) is 0 Å². The zero-order valence-electron chi connectivity index (χ0n) is 9.40. The van der Waals surface area contributed by atoms with Crippen LogP contribution < -0.4 is 5.73 Å². The van der Waals surface area contributed by atoms with Crippen molar-refractivity contribution < 1.29 is 4.39 Å². The van der Waals surface area contributed by atoms with Gasteiger partial charge in [-0.2, -0.15) is 5.10 Å². The lowest BCUT2D eigenvalue weighted by Gasteiger charge is -2.10. The molecule has 0 aliphatic carbocycles. The predicted molar refractivity (Wildman–Crippen MR) is 65.3 cm³/mol. The summed E-state index contributed by atoms with van der Waals surface area (Å²) in [6.45, 7) is 0. The van der Waals surface area contributed by atoms with E-state index < -0.39 is 0 Å². The molecule has 0 fully saturated rings. The highest BCUT2D eigenvalue weighted by atomic mass is 35.5. The Hall–Kier alpha value is -1.39. The maximum absolute atomic E-state index is 13.5. The summed E-state index contributed by atoms with van der Waals surface area (Å²) in [5.74, 6) is -0.284. The van der Waals surface area contributed by atoms with Crippen LogP contribution >= 0.6 is 11.6 Å². The lowest BCUT2D eigenvalue weighted by Crippen LogP contribution is -2.13. The lowest BCUT2D eigenvalue weighted by atomic mass is 10.0. The van der Waals surface area contributed by atoms with Crippen LogP contribution in [0, 0.1) is 5.82 Å². The molecule has 0 saturated carbocycles. The number of nitrogens with two attached hydrogens (primary N) is 1. The Morgan fingerprint density at radius 3 is 2.94 bits per heavy atom. The summed E-state index contributed by atoms with van der Waals surface area (Å²) >= 11 is 5.83. The van der Waals surface area contributed by atoms with E-state index in [1.165, 1.54) is 12.1 Å². The van der Waals surface area contributed by atoms with Crippen LogP contribution in [0.2, 0.25) is 5.02 Å². The normalized spacial score (nSPS) is 12.7. The molecule has 17 heavy (non-hydrogen) atoms. The van der Waals surface area contributed by atoms with E-state index in [9.17, 15) is 4.39 Å². The fourth-order valence-electron chi connectivity index (χ4n) is 1.69. The van der Waals surface area contributed by atoms with Gasteiger partial charge in [-0.1, -0.05) is 11.6 Å². The first kappa shape index (κ1) is 12.1. The van der Waals surface area contributed by atoms with Crippen molar-refractivity contribution >= 4 is 11.6 Å². The third kappa shape index (κ3) is 2.84. The van der Waals surface area contributed by atoms with Crippen LogP contribution in [0.25, 0.3) is 0 Å². The van der Waals surface area contributed by atoms with Crippen LogP contribution in [0.15, 0.2) is 30.6 Å². The molecule has 3 nitrogen and oxygen atoms in total. The first-order valence-corrected chi connectivity index (χ1v) is 5.62. The van der Waals surface area contributed by atoms with Crippen LogP contribution in [-0.2, 0) is 13.5 Å². The van der Waals surface area contributed by atoms with E-state index in [-0.39, 0.29) is 11.9 Å². The molecule has 1 aromatic heterocycles. The summed E-state index contributed by atoms with van der Waals surface area (Å²) in [5, 5.41) is 4.55. The highest BCUT2D eigenvalue weighted by molar-refractivity contribution is 6.30. The summed E-state index contributed by atoms with van der Waals surface area (Å²) in [6, 6.07) is 4.20. The second kappa shape index (κ2) is 4.85. The molecule has 5 heteroatoms. The summed E-state index contributed by atoms with van der Waals surface area (Å²) in [5.41, 5.74) is 7.40. The number of hydrogen-bond acceptors (Lipinski definition) is 2. The summed E-state index contributed by atoms with van der Waals surface area (Å²) < 4.78 is 15.2. The Morgan fingerprint density at radius 1 is 1.53 bits per heavy atom. The van der Waals surface area contributed by atoms with Crippen LogP contribution in [0.4, 0.5) is 4.39 Å². The van der Waals surface area contributed by atoms with Gasteiger partial charge >= 0.3 is 0 Å². The second-order valence-electron chi connectivity index (χ2n) is 3.99. The average Bonchev–Trinajstić information content (AvgIpc) is 2.70. The Morgan fingerprint density at radius 2 is 2.29 bits per heavy atom. The van der Waals surface area contributed by atoms with Gasteiger partial charge in [-0.05, 0) is 30.2 Å². The SMILES string of the molecule is Cn1cc(C(N)Cc2cc(Cl)ccc2F)cn1. The molecule has 0 aliphatic rings. The molecule has 1 aromatic carbocycles. The quantitative estimate of drug-likeness (QED) is 0.913. The van der Waals surface area contributed by atoms with Gasteiger partial charge in [-0.15, -0.1) is 0 Å². The topological polar surface area (TPSA) is 43.8 Å². The minimum absolute atomic E-state index is 0.281. The van der Waals surface area contributed by atoms with Crippen molar-refractivity contribution in [1.29, 1.82) is 0 Å². The molecule has 90 valence electrons. The highest BCUT2D eigenvalue weighted by Crippen LogP contribution is 2.20. The van der Waals surface area contributed by atoms with Crippen LogP contribution in [0.3, 0.4) is 0 Å². The Bertz CT molecular complexity index is 524. The van der Waals surface area contributed by atoms with E-state index in [4.69, 9.17) is 17.3 Å². The van der Waals surface area contributed by atoms with Crippen molar-refractivity contribution in [2.24, 2.45) is 12.8 Å². The minimum Gasteiger partial charge on any atom is -0.324 e. The van der Waals surface area contributed by atoms with Gasteiger partial charge in [0.1, 0.15) is 5.82 Å². The number of halogens is 2. The molecule has 0 radical (unpaired) electrons. The molecule has 2 rings (SSSR count). The number of nitrogens with zero attached hydrogens (tertiary/aromatic N) is 2. The maximum Gasteiger partial charge on any atom is 0.126 e. The van der Waals surface area contributed by atoms with Gasteiger partial charge in [0.05, 0.1) is 6.20 Å². The van der Waals surface area contributed by atoms with Gasteiger partial charge in [-0.3, -0.25) is 4.68 Å². The van der Waals surface area contributed by atoms with Crippen molar-refractivity contribution in [3.63, 3.8) is 0 Å². The van der Waals surface area contributed by atoms with Crippen LogP contribution in [0.1, 0.15) is 17.2 Å². The molecule has 2 N–H and O–H groups in total. The van der Waals surface area contributed by atoms with E-state index in [0.29, 0.717) is 17.0 Å². The molecule has 0 saturated heterocycles. The summed E-state index contributed by atoms with van der Waals surface area (Å²) in [4.78, 5) is 0. The van der Waals surface area contributed by atoms with Gasteiger partial charge in [-0.25, -0.2) is 4.39 Å². The van der Waals surface area contributed by atoms with Crippen molar-refractivity contribution in [1.82, 2.24) is 9.78 Å². The minimum atomic E-state index is -0.284. The van der Waals surface area contributed by atoms with E-state index in [1.807, 2.05) is 13.2 Å². The Kier molecular flexibility index (Phi) is 3.45. The van der Waals surface area contributed by atoms with E-state index in [1.54, 1.807) is 16.9 Å². The first-order chi connectivity index (χ1) is 8.06. The van der Waals surface area contributed by atoms with Crippen molar-refractivity contribution in [2.75, 3.05) is 0 Å². The van der Waals surface area contributed by atoms with Crippen molar-refractivity contribution in [3.8, 4) is 0 Å². The van der Waals surface area contributed by atoms with Crippen molar-refractivity contribution in [2.45, 2.75) is 12.5 Å². The third-order valence-corrected chi connectivity index (χ3v) is 2.84. The third-order valence-electron chi connectivity index (χ3n) is 2.60. The number of benzene rings is 1. The fourth-order valence-corrected chi connectivity index (χ4v) is 1.88. The molecule has 0 aliphatic heterocycles. The molecule has 0 bridgehead atoms. The molecular weight excluding hydrogens is 241 g/mol.